The first kappa shape index (κ1) is 18.1. The van der Waals surface area contributed by atoms with Gasteiger partial charge in [-0.15, -0.1) is 0 Å². The molecule has 0 fully saturated rings. The van der Waals surface area contributed by atoms with Crippen molar-refractivity contribution < 1.29 is 17.7 Å². The zero-order chi connectivity index (χ0) is 18.7. The Morgan fingerprint density at radius 1 is 1.04 bits per heavy atom. The summed E-state index contributed by atoms with van der Waals surface area (Å²) in [4.78, 5) is 6.34. The molecule has 0 spiro atoms. The molecule has 0 N–H and O–H groups in total. The average Bonchev–Trinajstić information content (AvgIpc) is 3.09. The SMILES string of the molecule is C[C@@H](c1ccccc1)N(C)Cc1nc(-c2ccc(C(F)(F)F)cc2)no1. The van der Waals surface area contributed by atoms with Crippen LogP contribution in [0, 0.1) is 0 Å². The van der Waals surface area contributed by atoms with Crippen LogP contribution in [0.5, 0.6) is 0 Å². The van der Waals surface area contributed by atoms with Crippen molar-refractivity contribution in [2.75, 3.05) is 7.05 Å². The van der Waals surface area contributed by atoms with Crippen LogP contribution in [0.15, 0.2) is 59.1 Å². The molecule has 0 aliphatic carbocycles. The maximum atomic E-state index is 12.6. The Hall–Kier alpha value is -2.67. The summed E-state index contributed by atoms with van der Waals surface area (Å²) in [5.74, 6) is 0.680. The van der Waals surface area contributed by atoms with Crippen LogP contribution in [-0.2, 0) is 12.7 Å². The van der Waals surface area contributed by atoms with E-state index < -0.39 is 11.7 Å². The second-order valence-electron chi connectivity index (χ2n) is 6.09. The quantitative estimate of drug-likeness (QED) is 0.645. The van der Waals surface area contributed by atoms with E-state index in [1.54, 1.807) is 0 Å². The first-order chi connectivity index (χ1) is 12.3. The van der Waals surface area contributed by atoms with E-state index in [4.69, 9.17) is 4.52 Å². The van der Waals surface area contributed by atoms with Gasteiger partial charge in [-0.25, -0.2) is 0 Å². The van der Waals surface area contributed by atoms with Gasteiger partial charge in [0.2, 0.25) is 11.7 Å². The number of hydrogen-bond donors (Lipinski definition) is 0. The fourth-order valence-corrected chi connectivity index (χ4v) is 2.58. The molecular weight excluding hydrogens is 343 g/mol. The van der Waals surface area contributed by atoms with E-state index in [9.17, 15) is 13.2 Å². The van der Waals surface area contributed by atoms with Gasteiger partial charge in [-0.1, -0.05) is 47.6 Å². The van der Waals surface area contributed by atoms with Crippen LogP contribution >= 0.6 is 0 Å². The van der Waals surface area contributed by atoms with Crippen molar-refractivity contribution in [3.05, 3.63) is 71.6 Å². The molecule has 26 heavy (non-hydrogen) atoms. The normalized spacial score (nSPS) is 13.2. The molecule has 4 nitrogen and oxygen atoms in total. The van der Waals surface area contributed by atoms with Gasteiger partial charge in [0.1, 0.15) is 0 Å². The Labute approximate surface area is 149 Å². The van der Waals surface area contributed by atoms with E-state index in [1.165, 1.54) is 12.1 Å². The van der Waals surface area contributed by atoms with Crippen molar-refractivity contribution in [1.29, 1.82) is 0 Å². The second kappa shape index (κ2) is 7.29. The molecule has 0 radical (unpaired) electrons. The molecule has 0 aliphatic heterocycles. The minimum Gasteiger partial charge on any atom is -0.338 e. The van der Waals surface area contributed by atoms with E-state index in [0.29, 0.717) is 18.0 Å². The van der Waals surface area contributed by atoms with E-state index in [2.05, 4.69) is 22.0 Å². The largest absolute Gasteiger partial charge is 0.416 e. The van der Waals surface area contributed by atoms with Gasteiger partial charge in [0.25, 0.3) is 0 Å². The molecule has 1 atom stereocenters. The number of benzene rings is 2. The Bertz CT molecular complexity index is 844. The van der Waals surface area contributed by atoms with Crippen LogP contribution in [0.3, 0.4) is 0 Å². The molecule has 136 valence electrons. The highest BCUT2D eigenvalue weighted by Gasteiger charge is 2.30. The second-order valence-corrected chi connectivity index (χ2v) is 6.09. The first-order valence-corrected chi connectivity index (χ1v) is 8.10. The van der Waals surface area contributed by atoms with Crippen LogP contribution < -0.4 is 0 Å². The highest BCUT2D eigenvalue weighted by Crippen LogP contribution is 2.30. The molecule has 0 bridgehead atoms. The summed E-state index contributed by atoms with van der Waals surface area (Å²) < 4.78 is 43.1. The fraction of sp³-hybridized carbons (Fsp3) is 0.263. The molecule has 1 aromatic heterocycles. The van der Waals surface area contributed by atoms with Gasteiger partial charge < -0.3 is 4.52 Å². The summed E-state index contributed by atoms with van der Waals surface area (Å²) in [6.45, 7) is 2.51. The maximum Gasteiger partial charge on any atom is 0.416 e. The van der Waals surface area contributed by atoms with Gasteiger partial charge in [0, 0.05) is 11.6 Å². The van der Waals surface area contributed by atoms with Gasteiger partial charge in [-0.05, 0) is 31.7 Å². The van der Waals surface area contributed by atoms with Crippen molar-refractivity contribution in [2.24, 2.45) is 0 Å². The summed E-state index contributed by atoms with van der Waals surface area (Å²) in [7, 11) is 1.94. The number of alkyl halides is 3. The van der Waals surface area contributed by atoms with Gasteiger partial charge in [0.15, 0.2) is 0 Å². The third-order valence-electron chi connectivity index (χ3n) is 4.27. The molecule has 1 heterocycles. The number of rotatable bonds is 5. The molecule has 0 saturated carbocycles. The van der Waals surface area contributed by atoms with Gasteiger partial charge in [-0.2, -0.15) is 18.2 Å². The van der Waals surface area contributed by atoms with Crippen molar-refractivity contribution in [3.8, 4) is 11.4 Å². The first-order valence-electron chi connectivity index (χ1n) is 8.10. The van der Waals surface area contributed by atoms with E-state index in [0.717, 1.165) is 17.7 Å². The topological polar surface area (TPSA) is 42.2 Å². The van der Waals surface area contributed by atoms with Gasteiger partial charge >= 0.3 is 6.18 Å². The molecule has 0 amide bonds. The summed E-state index contributed by atoms with van der Waals surface area (Å²) in [6, 6.07) is 14.9. The number of hydrogen-bond acceptors (Lipinski definition) is 4. The predicted octanol–water partition coefficient (Wildman–Crippen LogP) is 4.95. The lowest BCUT2D eigenvalue weighted by molar-refractivity contribution is -0.137. The van der Waals surface area contributed by atoms with Crippen LogP contribution in [-0.4, -0.2) is 22.1 Å². The monoisotopic (exact) mass is 361 g/mol. The molecule has 0 aliphatic rings. The van der Waals surface area contributed by atoms with Crippen molar-refractivity contribution in [3.63, 3.8) is 0 Å². The standard InChI is InChI=1S/C19H18F3N3O/c1-13(14-6-4-3-5-7-14)25(2)12-17-23-18(24-26-17)15-8-10-16(11-9-15)19(20,21)22/h3-11,13H,12H2,1-2H3/t13-/m0/s1. The Morgan fingerprint density at radius 3 is 2.31 bits per heavy atom. The van der Waals surface area contributed by atoms with Crippen molar-refractivity contribution in [2.45, 2.75) is 25.7 Å². The summed E-state index contributed by atoms with van der Waals surface area (Å²) in [5.41, 5.74) is 0.936. The highest BCUT2D eigenvalue weighted by atomic mass is 19.4. The smallest absolute Gasteiger partial charge is 0.338 e. The minimum absolute atomic E-state index is 0.151. The zero-order valence-electron chi connectivity index (χ0n) is 14.4. The number of nitrogens with zero attached hydrogens (tertiary/aromatic N) is 3. The number of aromatic nitrogens is 2. The van der Waals surface area contributed by atoms with Crippen LogP contribution in [0.1, 0.15) is 30.0 Å². The van der Waals surface area contributed by atoms with E-state index >= 15 is 0 Å². The van der Waals surface area contributed by atoms with Crippen molar-refractivity contribution in [1.82, 2.24) is 15.0 Å². The molecule has 2 aromatic carbocycles. The van der Waals surface area contributed by atoms with Gasteiger partial charge in [0.05, 0.1) is 12.1 Å². The highest BCUT2D eigenvalue weighted by molar-refractivity contribution is 5.54. The Morgan fingerprint density at radius 2 is 1.69 bits per heavy atom. The molecule has 0 unspecified atom stereocenters. The van der Waals surface area contributed by atoms with E-state index in [1.807, 2.05) is 37.4 Å². The molecule has 7 heteroatoms. The molecule has 0 saturated heterocycles. The summed E-state index contributed by atoms with van der Waals surface area (Å²) >= 11 is 0. The third-order valence-corrected chi connectivity index (χ3v) is 4.27. The molecule has 3 aromatic rings. The van der Waals surface area contributed by atoms with Gasteiger partial charge in [-0.3, -0.25) is 4.90 Å². The summed E-state index contributed by atoms with van der Waals surface area (Å²) in [5, 5.41) is 3.87. The average molecular weight is 361 g/mol. The van der Waals surface area contributed by atoms with Crippen LogP contribution in [0.4, 0.5) is 13.2 Å². The summed E-state index contributed by atoms with van der Waals surface area (Å²) in [6.07, 6.45) is -4.36. The Balaban J connectivity index is 1.70. The Kier molecular flexibility index (Phi) is 5.08. The lowest BCUT2D eigenvalue weighted by atomic mass is 10.1. The maximum absolute atomic E-state index is 12.6. The fourth-order valence-electron chi connectivity index (χ4n) is 2.58. The lowest BCUT2D eigenvalue weighted by Gasteiger charge is -2.23. The van der Waals surface area contributed by atoms with Crippen molar-refractivity contribution >= 4 is 0 Å². The predicted molar refractivity (Wildman–Crippen MR) is 91.1 cm³/mol. The minimum atomic E-state index is -4.36. The lowest BCUT2D eigenvalue weighted by Crippen LogP contribution is -2.22. The molecule has 3 rings (SSSR count). The van der Waals surface area contributed by atoms with Crippen LogP contribution in [0.25, 0.3) is 11.4 Å². The van der Waals surface area contributed by atoms with E-state index in [-0.39, 0.29) is 11.9 Å². The third kappa shape index (κ3) is 4.11. The number of halogens is 3. The zero-order valence-corrected chi connectivity index (χ0v) is 14.4. The molecular formula is C19H18F3N3O. The van der Waals surface area contributed by atoms with Crippen LogP contribution in [0.2, 0.25) is 0 Å².